The van der Waals surface area contributed by atoms with Crippen LogP contribution in [-0.4, -0.2) is 14.2 Å². The van der Waals surface area contributed by atoms with Gasteiger partial charge in [0.2, 0.25) is 0 Å². The number of ether oxygens (including phenoxy) is 2. The average molecular weight is 272 g/mol. The lowest BCUT2D eigenvalue weighted by Crippen LogP contribution is -2.28. The summed E-state index contributed by atoms with van der Waals surface area (Å²) >= 11 is 0. The zero-order valence-corrected chi connectivity index (χ0v) is 12.0. The SMILES string of the molecule is COc1cc(OC)cc(C(NN)c2cccc(C)c2)c1. The van der Waals surface area contributed by atoms with Gasteiger partial charge >= 0.3 is 0 Å². The number of methoxy groups -OCH3 is 2. The first-order valence-corrected chi connectivity index (χ1v) is 6.43. The lowest BCUT2D eigenvalue weighted by atomic mass is 9.97. The van der Waals surface area contributed by atoms with Crippen molar-refractivity contribution in [3.8, 4) is 11.5 Å². The zero-order valence-electron chi connectivity index (χ0n) is 12.0. The Hall–Kier alpha value is -2.04. The molecular formula is C16H20N2O2. The number of hydrogen-bond acceptors (Lipinski definition) is 4. The van der Waals surface area contributed by atoms with Gasteiger partial charge in [-0.1, -0.05) is 29.8 Å². The van der Waals surface area contributed by atoms with Crippen molar-refractivity contribution in [2.45, 2.75) is 13.0 Å². The summed E-state index contributed by atoms with van der Waals surface area (Å²) < 4.78 is 10.6. The second kappa shape index (κ2) is 6.41. The maximum atomic E-state index is 5.74. The van der Waals surface area contributed by atoms with Crippen LogP contribution in [0.2, 0.25) is 0 Å². The molecule has 4 nitrogen and oxygen atoms in total. The number of aryl methyl sites for hydroxylation is 1. The molecule has 0 aliphatic heterocycles. The highest BCUT2D eigenvalue weighted by Crippen LogP contribution is 2.29. The van der Waals surface area contributed by atoms with Crippen molar-refractivity contribution in [3.63, 3.8) is 0 Å². The third kappa shape index (κ3) is 3.10. The van der Waals surface area contributed by atoms with Gasteiger partial charge in [0.25, 0.3) is 0 Å². The molecule has 2 aromatic rings. The Morgan fingerprint density at radius 3 is 2.10 bits per heavy atom. The summed E-state index contributed by atoms with van der Waals surface area (Å²) in [7, 11) is 3.27. The molecule has 0 radical (unpaired) electrons. The minimum atomic E-state index is -0.112. The Kier molecular flexibility index (Phi) is 4.61. The topological polar surface area (TPSA) is 56.5 Å². The molecule has 0 spiro atoms. The van der Waals surface area contributed by atoms with Crippen LogP contribution in [0, 0.1) is 6.92 Å². The van der Waals surface area contributed by atoms with E-state index in [9.17, 15) is 0 Å². The molecule has 0 bridgehead atoms. The Bertz CT molecular complexity index is 562. The van der Waals surface area contributed by atoms with Gasteiger partial charge in [0.1, 0.15) is 11.5 Å². The molecule has 106 valence electrons. The van der Waals surface area contributed by atoms with Gasteiger partial charge in [-0.3, -0.25) is 5.84 Å². The Labute approximate surface area is 119 Å². The Morgan fingerprint density at radius 2 is 1.60 bits per heavy atom. The molecule has 1 unspecified atom stereocenters. The van der Waals surface area contributed by atoms with Gasteiger partial charge in [-0.2, -0.15) is 0 Å². The van der Waals surface area contributed by atoms with E-state index in [1.807, 2.05) is 30.3 Å². The lowest BCUT2D eigenvalue weighted by Gasteiger charge is -2.19. The summed E-state index contributed by atoms with van der Waals surface area (Å²) in [5, 5.41) is 0. The van der Waals surface area contributed by atoms with E-state index in [4.69, 9.17) is 15.3 Å². The van der Waals surface area contributed by atoms with E-state index in [1.54, 1.807) is 14.2 Å². The van der Waals surface area contributed by atoms with Crippen LogP contribution in [0.5, 0.6) is 11.5 Å². The summed E-state index contributed by atoms with van der Waals surface area (Å²) in [6.45, 7) is 2.06. The largest absolute Gasteiger partial charge is 0.497 e. The molecule has 0 amide bonds. The van der Waals surface area contributed by atoms with Crippen molar-refractivity contribution < 1.29 is 9.47 Å². The van der Waals surface area contributed by atoms with Gasteiger partial charge in [0, 0.05) is 6.07 Å². The Morgan fingerprint density at radius 1 is 0.950 bits per heavy atom. The fourth-order valence-corrected chi connectivity index (χ4v) is 2.23. The number of hydrogen-bond donors (Lipinski definition) is 2. The zero-order chi connectivity index (χ0) is 14.5. The van der Waals surface area contributed by atoms with Crippen molar-refractivity contribution in [1.29, 1.82) is 0 Å². The first kappa shape index (κ1) is 14.4. The van der Waals surface area contributed by atoms with Gasteiger partial charge in [-0.05, 0) is 30.2 Å². The quantitative estimate of drug-likeness (QED) is 0.649. The lowest BCUT2D eigenvalue weighted by molar-refractivity contribution is 0.392. The second-order valence-electron chi connectivity index (χ2n) is 4.66. The fourth-order valence-electron chi connectivity index (χ4n) is 2.23. The van der Waals surface area contributed by atoms with Crippen LogP contribution in [0.3, 0.4) is 0 Å². The van der Waals surface area contributed by atoms with Gasteiger partial charge in [-0.25, -0.2) is 5.43 Å². The number of nitrogens with two attached hydrogens (primary N) is 1. The third-order valence-electron chi connectivity index (χ3n) is 3.25. The summed E-state index contributed by atoms with van der Waals surface area (Å²) in [5.74, 6) is 7.22. The van der Waals surface area contributed by atoms with E-state index in [2.05, 4.69) is 24.5 Å². The molecule has 0 heterocycles. The van der Waals surface area contributed by atoms with Gasteiger partial charge in [-0.15, -0.1) is 0 Å². The highest BCUT2D eigenvalue weighted by atomic mass is 16.5. The Balaban J connectivity index is 2.45. The molecular weight excluding hydrogens is 252 g/mol. The molecule has 0 saturated carbocycles. The van der Waals surface area contributed by atoms with Crippen molar-refractivity contribution >= 4 is 0 Å². The highest BCUT2D eigenvalue weighted by Gasteiger charge is 2.15. The predicted molar refractivity (Wildman–Crippen MR) is 79.9 cm³/mol. The second-order valence-corrected chi connectivity index (χ2v) is 4.66. The van der Waals surface area contributed by atoms with Crippen LogP contribution in [0.25, 0.3) is 0 Å². The molecule has 0 fully saturated rings. The molecule has 2 rings (SSSR count). The molecule has 0 aliphatic rings. The summed E-state index contributed by atoms with van der Waals surface area (Å²) in [6.07, 6.45) is 0. The van der Waals surface area contributed by atoms with Gasteiger partial charge < -0.3 is 9.47 Å². The smallest absolute Gasteiger partial charge is 0.122 e. The standard InChI is InChI=1S/C16H20N2O2/c1-11-5-4-6-12(7-11)16(18-17)13-8-14(19-2)10-15(9-13)20-3/h4-10,16,18H,17H2,1-3H3. The van der Waals surface area contributed by atoms with Crippen LogP contribution >= 0.6 is 0 Å². The van der Waals surface area contributed by atoms with Crippen LogP contribution in [-0.2, 0) is 0 Å². The van der Waals surface area contributed by atoms with Gasteiger partial charge in [0.15, 0.2) is 0 Å². The summed E-state index contributed by atoms with van der Waals surface area (Å²) in [5.41, 5.74) is 6.14. The summed E-state index contributed by atoms with van der Waals surface area (Å²) in [4.78, 5) is 0. The van der Waals surface area contributed by atoms with E-state index in [0.29, 0.717) is 0 Å². The molecule has 3 N–H and O–H groups in total. The van der Waals surface area contributed by atoms with Crippen molar-refractivity contribution in [2.75, 3.05) is 14.2 Å². The van der Waals surface area contributed by atoms with Gasteiger partial charge in [0.05, 0.1) is 20.3 Å². The van der Waals surface area contributed by atoms with E-state index in [0.717, 1.165) is 22.6 Å². The average Bonchev–Trinajstić information content (AvgIpc) is 2.47. The molecule has 0 saturated heterocycles. The number of hydrazine groups is 1. The van der Waals surface area contributed by atoms with Crippen LogP contribution in [0.4, 0.5) is 0 Å². The fraction of sp³-hybridized carbons (Fsp3) is 0.250. The van der Waals surface area contributed by atoms with E-state index < -0.39 is 0 Å². The minimum absolute atomic E-state index is 0.112. The van der Waals surface area contributed by atoms with Crippen molar-refractivity contribution in [3.05, 3.63) is 59.2 Å². The summed E-state index contributed by atoms with van der Waals surface area (Å²) in [6, 6.07) is 13.9. The number of rotatable bonds is 5. The van der Waals surface area contributed by atoms with Crippen molar-refractivity contribution in [2.24, 2.45) is 5.84 Å². The van der Waals surface area contributed by atoms with E-state index in [-0.39, 0.29) is 6.04 Å². The predicted octanol–water partition coefficient (Wildman–Crippen LogP) is 2.56. The molecule has 4 heteroatoms. The maximum absolute atomic E-state index is 5.74. The molecule has 0 aromatic heterocycles. The first-order chi connectivity index (χ1) is 9.67. The van der Waals surface area contributed by atoms with E-state index >= 15 is 0 Å². The van der Waals surface area contributed by atoms with Crippen LogP contribution < -0.4 is 20.7 Å². The maximum Gasteiger partial charge on any atom is 0.122 e. The molecule has 20 heavy (non-hydrogen) atoms. The molecule has 1 atom stereocenters. The third-order valence-corrected chi connectivity index (χ3v) is 3.25. The molecule has 2 aromatic carbocycles. The van der Waals surface area contributed by atoms with Crippen LogP contribution in [0.1, 0.15) is 22.7 Å². The van der Waals surface area contributed by atoms with Crippen LogP contribution in [0.15, 0.2) is 42.5 Å². The highest BCUT2D eigenvalue weighted by molar-refractivity contribution is 5.43. The minimum Gasteiger partial charge on any atom is -0.497 e. The number of benzene rings is 2. The normalized spacial score (nSPS) is 12.0. The van der Waals surface area contributed by atoms with E-state index in [1.165, 1.54) is 5.56 Å². The van der Waals surface area contributed by atoms with Crippen molar-refractivity contribution in [1.82, 2.24) is 5.43 Å². The first-order valence-electron chi connectivity index (χ1n) is 6.43. The monoisotopic (exact) mass is 272 g/mol. The number of nitrogens with one attached hydrogen (secondary N) is 1. The molecule has 0 aliphatic carbocycles.